The van der Waals surface area contributed by atoms with E-state index < -0.39 is 7.12 Å². The molecule has 0 heterocycles. The Bertz CT molecular complexity index is 161. The SMILES string of the molecule is CN(CCO)CCC(N)CCCCB(O)O. The topological polar surface area (TPSA) is 90.0 Å². The van der Waals surface area contributed by atoms with E-state index in [4.69, 9.17) is 20.9 Å². The van der Waals surface area contributed by atoms with Crippen molar-refractivity contribution in [3.05, 3.63) is 0 Å². The molecule has 0 amide bonds. The van der Waals surface area contributed by atoms with Crippen molar-refractivity contribution in [1.29, 1.82) is 0 Å². The van der Waals surface area contributed by atoms with Crippen LogP contribution in [0.3, 0.4) is 0 Å². The predicted molar refractivity (Wildman–Crippen MR) is 66.0 cm³/mol. The summed E-state index contributed by atoms with van der Waals surface area (Å²) in [7, 11) is 0.775. The lowest BCUT2D eigenvalue weighted by Crippen LogP contribution is -2.29. The lowest BCUT2D eigenvalue weighted by atomic mass is 9.83. The molecule has 16 heavy (non-hydrogen) atoms. The van der Waals surface area contributed by atoms with Crippen molar-refractivity contribution in [1.82, 2.24) is 4.90 Å². The summed E-state index contributed by atoms with van der Waals surface area (Å²) in [4.78, 5) is 2.05. The van der Waals surface area contributed by atoms with Gasteiger partial charge in [-0.2, -0.15) is 0 Å². The average Bonchev–Trinajstić information content (AvgIpc) is 2.22. The Morgan fingerprint density at radius 2 is 1.88 bits per heavy atom. The molecule has 0 rings (SSSR count). The number of nitrogens with two attached hydrogens (primary N) is 1. The fourth-order valence-electron chi connectivity index (χ4n) is 1.55. The van der Waals surface area contributed by atoms with Gasteiger partial charge in [-0.25, -0.2) is 0 Å². The first kappa shape index (κ1) is 15.9. The minimum absolute atomic E-state index is 0.164. The number of aliphatic hydroxyl groups excluding tert-OH is 1. The molecule has 1 unspecified atom stereocenters. The van der Waals surface area contributed by atoms with Crippen molar-refractivity contribution < 1.29 is 15.2 Å². The summed E-state index contributed by atoms with van der Waals surface area (Å²) in [6.45, 7) is 1.76. The summed E-state index contributed by atoms with van der Waals surface area (Å²) in [6.07, 6.45) is 4.00. The number of nitrogens with zero attached hydrogens (tertiary/aromatic N) is 1. The van der Waals surface area contributed by atoms with Gasteiger partial charge in [-0.1, -0.05) is 12.8 Å². The van der Waals surface area contributed by atoms with Gasteiger partial charge in [0.25, 0.3) is 0 Å². The van der Waals surface area contributed by atoms with Gasteiger partial charge in [0.1, 0.15) is 0 Å². The quantitative estimate of drug-likeness (QED) is 0.294. The van der Waals surface area contributed by atoms with Crippen LogP contribution in [0.4, 0.5) is 0 Å². The van der Waals surface area contributed by atoms with E-state index >= 15 is 0 Å². The van der Waals surface area contributed by atoms with Gasteiger partial charge >= 0.3 is 7.12 Å². The molecular formula is C10H25BN2O3. The fourth-order valence-corrected chi connectivity index (χ4v) is 1.55. The van der Waals surface area contributed by atoms with Crippen LogP contribution in [-0.2, 0) is 0 Å². The Balaban J connectivity index is 3.33. The molecule has 0 aliphatic carbocycles. The van der Waals surface area contributed by atoms with Crippen molar-refractivity contribution in [3.8, 4) is 0 Å². The van der Waals surface area contributed by atoms with Crippen molar-refractivity contribution in [2.45, 2.75) is 38.0 Å². The molecule has 0 fully saturated rings. The van der Waals surface area contributed by atoms with E-state index in [0.29, 0.717) is 12.9 Å². The highest BCUT2D eigenvalue weighted by atomic mass is 16.4. The second-order valence-corrected chi connectivity index (χ2v) is 4.34. The lowest BCUT2D eigenvalue weighted by Gasteiger charge is -2.18. The highest BCUT2D eigenvalue weighted by Crippen LogP contribution is 2.06. The summed E-state index contributed by atoms with van der Waals surface area (Å²) in [5.41, 5.74) is 5.92. The molecule has 0 saturated heterocycles. The van der Waals surface area contributed by atoms with Crippen molar-refractivity contribution in [2.24, 2.45) is 5.73 Å². The number of rotatable bonds is 10. The van der Waals surface area contributed by atoms with Gasteiger partial charge in [-0.15, -0.1) is 0 Å². The van der Waals surface area contributed by atoms with E-state index in [1.54, 1.807) is 0 Å². The minimum atomic E-state index is -1.19. The van der Waals surface area contributed by atoms with Crippen LogP contribution in [0.1, 0.15) is 25.7 Å². The highest BCUT2D eigenvalue weighted by molar-refractivity contribution is 6.40. The van der Waals surface area contributed by atoms with Crippen LogP contribution >= 0.6 is 0 Å². The van der Waals surface area contributed by atoms with E-state index in [1.165, 1.54) is 0 Å². The van der Waals surface area contributed by atoms with Crippen molar-refractivity contribution in [2.75, 3.05) is 26.7 Å². The summed E-state index contributed by atoms with van der Waals surface area (Å²) in [6, 6.07) is 0.164. The average molecular weight is 232 g/mol. The molecule has 1 atom stereocenters. The Labute approximate surface area is 98.4 Å². The maximum Gasteiger partial charge on any atom is 0.451 e. The van der Waals surface area contributed by atoms with Crippen LogP contribution in [0.15, 0.2) is 0 Å². The Hall–Kier alpha value is -0.135. The second kappa shape index (κ2) is 10.0. The molecule has 6 heteroatoms. The van der Waals surface area contributed by atoms with Crippen LogP contribution in [0.2, 0.25) is 6.32 Å². The monoisotopic (exact) mass is 232 g/mol. The second-order valence-electron chi connectivity index (χ2n) is 4.34. The van der Waals surface area contributed by atoms with Crippen molar-refractivity contribution in [3.63, 3.8) is 0 Å². The first-order valence-corrected chi connectivity index (χ1v) is 5.97. The number of hydrogen-bond acceptors (Lipinski definition) is 5. The molecule has 5 nitrogen and oxygen atoms in total. The molecule has 0 aliphatic rings. The zero-order valence-electron chi connectivity index (χ0n) is 10.2. The number of aliphatic hydroxyl groups is 1. The first-order chi connectivity index (χ1) is 7.56. The largest absolute Gasteiger partial charge is 0.451 e. The molecule has 0 aliphatic heterocycles. The summed E-state index contributed by atoms with van der Waals surface area (Å²) in [5.74, 6) is 0. The number of likely N-dealkylation sites (N-methyl/N-ethyl adjacent to an activating group) is 1. The Morgan fingerprint density at radius 3 is 2.44 bits per heavy atom. The zero-order valence-corrected chi connectivity index (χ0v) is 10.2. The van der Waals surface area contributed by atoms with Crippen LogP contribution in [-0.4, -0.2) is 60.0 Å². The molecule has 0 bridgehead atoms. The van der Waals surface area contributed by atoms with Crippen LogP contribution in [0.5, 0.6) is 0 Å². The molecule has 5 N–H and O–H groups in total. The van der Waals surface area contributed by atoms with E-state index in [1.807, 2.05) is 7.05 Å². The molecule has 96 valence electrons. The Morgan fingerprint density at radius 1 is 1.19 bits per heavy atom. The van der Waals surface area contributed by atoms with Crippen molar-refractivity contribution >= 4 is 7.12 Å². The van der Waals surface area contributed by atoms with E-state index in [2.05, 4.69) is 4.90 Å². The molecule has 0 saturated carbocycles. The standard InChI is InChI=1S/C10H25BN2O3/c1-13(8-9-14)7-5-10(12)4-2-3-6-11(15)16/h10,14-16H,2-9,12H2,1H3. The minimum Gasteiger partial charge on any atom is -0.427 e. The van der Waals surface area contributed by atoms with E-state index in [-0.39, 0.29) is 12.6 Å². The maximum atomic E-state index is 8.71. The lowest BCUT2D eigenvalue weighted by molar-refractivity contribution is 0.216. The fraction of sp³-hybridized carbons (Fsp3) is 1.00. The van der Waals surface area contributed by atoms with Gasteiger partial charge in [0, 0.05) is 12.6 Å². The number of hydrogen-bond donors (Lipinski definition) is 4. The van der Waals surface area contributed by atoms with Crippen LogP contribution < -0.4 is 5.73 Å². The normalized spacial score (nSPS) is 13.1. The first-order valence-electron chi connectivity index (χ1n) is 5.97. The smallest absolute Gasteiger partial charge is 0.427 e. The van der Waals surface area contributed by atoms with Gasteiger partial charge in [-0.3, -0.25) is 0 Å². The predicted octanol–water partition coefficient (Wildman–Crippen LogP) is -0.729. The van der Waals surface area contributed by atoms with E-state index in [9.17, 15) is 0 Å². The van der Waals surface area contributed by atoms with Crippen LogP contribution in [0, 0.1) is 0 Å². The molecule has 0 aromatic rings. The van der Waals surface area contributed by atoms with Crippen LogP contribution in [0.25, 0.3) is 0 Å². The molecule has 0 radical (unpaired) electrons. The molecular weight excluding hydrogens is 207 g/mol. The highest BCUT2D eigenvalue weighted by Gasteiger charge is 2.08. The third-order valence-corrected chi connectivity index (χ3v) is 2.65. The van der Waals surface area contributed by atoms with Gasteiger partial charge in [-0.05, 0) is 32.8 Å². The van der Waals surface area contributed by atoms with Gasteiger partial charge in [0.2, 0.25) is 0 Å². The Kier molecular flexibility index (Phi) is 9.96. The third-order valence-electron chi connectivity index (χ3n) is 2.65. The summed E-state index contributed by atoms with van der Waals surface area (Å²) >= 11 is 0. The molecule has 0 aromatic heterocycles. The third kappa shape index (κ3) is 10.4. The zero-order chi connectivity index (χ0) is 12.4. The number of unbranched alkanes of at least 4 members (excludes halogenated alkanes) is 1. The van der Waals surface area contributed by atoms with Gasteiger partial charge in [0.05, 0.1) is 6.61 Å². The molecule has 0 aromatic carbocycles. The summed E-state index contributed by atoms with van der Waals surface area (Å²) in [5, 5.41) is 26.0. The maximum absolute atomic E-state index is 8.71. The summed E-state index contributed by atoms with van der Waals surface area (Å²) < 4.78 is 0. The van der Waals surface area contributed by atoms with Gasteiger partial charge < -0.3 is 25.8 Å². The van der Waals surface area contributed by atoms with Gasteiger partial charge in [0.15, 0.2) is 0 Å². The molecule has 0 spiro atoms. The van der Waals surface area contributed by atoms with E-state index in [0.717, 1.165) is 32.2 Å².